The SMILES string of the molecule is CC(C)c1ccc(NC(=O)CN2CCC(C)C(N)C2)cc1. The molecular formula is C17H27N3O. The fourth-order valence-electron chi connectivity index (χ4n) is 2.67. The van der Waals surface area contributed by atoms with Crippen LogP contribution in [0.4, 0.5) is 5.69 Å². The van der Waals surface area contributed by atoms with E-state index in [2.05, 4.69) is 43.1 Å². The van der Waals surface area contributed by atoms with Crippen molar-refractivity contribution in [3.05, 3.63) is 29.8 Å². The molecule has 1 fully saturated rings. The van der Waals surface area contributed by atoms with Gasteiger partial charge >= 0.3 is 0 Å². The van der Waals surface area contributed by atoms with E-state index in [1.54, 1.807) is 0 Å². The molecule has 0 bridgehead atoms. The van der Waals surface area contributed by atoms with E-state index in [0.717, 1.165) is 25.2 Å². The van der Waals surface area contributed by atoms with Gasteiger partial charge < -0.3 is 11.1 Å². The van der Waals surface area contributed by atoms with Crippen molar-refractivity contribution in [1.82, 2.24) is 4.90 Å². The van der Waals surface area contributed by atoms with Gasteiger partial charge in [0.15, 0.2) is 0 Å². The van der Waals surface area contributed by atoms with E-state index in [0.29, 0.717) is 18.4 Å². The summed E-state index contributed by atoms with van der Waals surface area (Å²) < 4.78 is 0. The van der Waals surface area contributed by atoms with Crippen molar-refractivity contribution in [3.63, 3.8) is 0 Å². The Labute approximate surface area is 127 Å². The topological polar surface area (TPSA) is 58.4 Å². The van der Waals surface area contributed by atoms with E-state index in [-0.39, 0.29) is 11.9 Å². The van der Waals surface area contributed by atoms with Gasteiger partial charge in [0.2, 0.25) is 5.91 Å². The molecule has 2 atom stereocenters. The molecule has 4 nitrogen and oxygen atoms in total. The van der Waals surface area contributed by atoms with Gasteiger partial charge in [-0.25, -0.2) is 0 Å². The number of likely N-dealkylation sites (tertiary alicyclic amines) is 1. The molecule has 2 rings (SSSR count). The molecule has 4 heteroatoms. The van der Waals surface area contributed by atoms with Crippen LogP contribution in [0, 0.1) is 5.92 Å². The zero-order valence-corrected chi connectivity index (χ0v) is 13.3. The van der Waals surface area contributed by atoms with Crippen molar-refractivity contribution in [3.8, 4) is 0 Å². The van der Waals surface area contributed by atoms with Crippen LogP contribution in [0.25, 0.3) is 0 Å². The highest BCUT2D eigenvalue weighted by Crippen LogP contribution is 2.18. The third-order valence-electron chi connectivity index (χ3n) is 4.33. The van der Waals surface area contributed by atoms with Crippen molar-refractivity contribution in [2.75, 3.05) is 25.0 Å². The third kappa shape index (κ3) is 4.55. The minimum absolute atomic E-state index is 0.0362. The number of hydrogen-bond acceptors (Lipinski definition) is 3. The molecule has 0 radical (unpaired) electrons. The average molecular weight is 289 g/mol. The lowest BCUT2D eigenvalue weighted by Gasteiger charge is -2.34. The maximum atomic E-state index is 12.1. The summed E-state index contributed by atoms with van der Waals surface area (Å²) in [7, 11) is 0. The number of carbonyl (C=O) groups excluding carboxylic acids is 1. The number of hydrogen-bond donors (Lipinski definition) is 2. The third-order valence-corrected chi connectivity index (χ3v) is 4.33. The number of anilines is 1. The van der Waals surface area contributed by atoms with Crippen LogP contribution < -0.4 is 11.1 Å². The quantitative estimate of drug-likeness (QED) is 0.895. The Morgan fingerprint density at radius 3 is 2.62 bits per heavy atom. The molecular weight excluding hydrogens is 262 g/mol. The molecule has 2 unspecified atom stereocenters. The Hall–Kier alpha value is -1.39. The first kappa shape index (κ1) is 16.0. The summed E-state index contributed by atoms with van der Waals surface area (Å²) in [5.74, 6) is 1.09. The van der Waals surface area contributed by atoms with Crippen LogP contribution in [0.2, 0.25) is 0 Å². The van der Waals surface area contributed by atoms with Gasteiger partial charge in [-0.3, -0.25) is 9.69 Å². The Balaban J connectivity index is 1.84. The first-order valence-electron chi connectivity index (χ1n) is 7.83. The zero-order chi connectivity index (χ0) is 15.4. The van der Waals surface area contributed by atoms with Gasteiger partial charge in [0.1, 0.15) is 0 Å². The second-order valence-electron chi connectivity index (χ2n) is 6.49. The minimum atomic E-state index is 0.0362. The number of nitrogens with one attached hydrogen (secondary N) is 1. The number of amides is 1. The van der Waals surface area contributed by atoms with Gasteiger partial charge in [-0.05, 0) is 42.5 Å². The molecule has 0 aromatic heterocycles. The minimum Gasteiger partial charge on any atom is -0.326 e. The van der Waals surface area contributed by atoms with E-state index < -0.39 is 0 Å². The summed E-state index contributed by atoms with van der Waals surface area (Å²) in [4.78, 5) is 14.2. The lowest BCUT2D eigenvalue weighted by molar-refractivity contribution is -0.117. The van der Waals surface area contributed by atoms with Crippen LogP contribution in [0.15, 0.2) is 24.3 Å². The summed E-state index contributed by atoms with van der Waals surface area (Å²) in [6.07, 6.45) is 1.07. The standard InChI is InChI=1S/C17H27N3O/c1-12(2)14-4-6-15(7-5-14)19-17(21)11-20-9-8-13(3)16(18)10-20/h4-7,12-13,16H,8-11,18H2,1-3H3,(H,19,21). The lowest BCUT2D eigenvalue weighted by atomic mass is 9.94. The first-order chi connectivity index (χ1) is 9.95. The second-order valence-corrected chi connectivity index (χ2v) is 6.49. The smallest absolute Gasteiger partial charge is 0.238 e. The van der Waals surface area contributed by atoms with Crippen molar-refractivity contribution >= 4 is 11.6 Å². The molecule has 1 aliphatic rings. The van der Waals surface area contributed by atoms with E-state index in [4.69, 9.17) is 5.73 Å². The molecule has 1 saturated heterocycles. The molecule has 0 aliphatic carbocycles. The maximum Gasteiger partial charge on any atom is 0.238 e. The van der Waals surface area contributed by atoms with Crippen molar-refractivity contribution in [2.45, 2.75) is 39.2 Å². The van der Waals surface area contributed by atoms with Gasteiger partial charge in [0.25, 0.3) is 0 Å². The van der Waals surface area contributed by atoms with Gasteiger partial charge in [0, 0.05) is 18.3 Å². The highest BCUT2D eigenvalue weighted by Gasteiger charge is 2.24. The van der Waals surface area contributed by atoms with Gasteiger partial charge in [0.05, 0.1) is 6.54 Å². The Kier molecular flexibility index (Phi) is 5.37. The van der Waals surface area contributed by atoms with Crippen molar-refractivity contribution in [2.24, 2.45) is 11.7 Å². The fourth-order valence-corrected chi connectivity index (χ4v) is 2.67. The van der Waals surface area contributed by atoms with Crippen molar-refractivity contribution in [1.29, 1.82) is 0 Å². The van der Waals surface area contributed by atoms with Crippen molar-refractivity contribution < 1.29 is 4.79 Å². The van der Waals surface area contributed by atoms with Crippen LogP contribution >= 0.6 is 0 Å². The number of piperidine rings is 1. The first-order valence-corrected chi connectivity index (χ1v) is 7.83. The summed E-state index contributed by atoms with van der Waals surface area (Å²) >= 11 is 0. The van der Waals surface area contributed by atoms with Crippen LogP contribution in [0.3, 0.4) is 0 Å². The largest absolute Gasteiger partial charge is 0.326 e. The average Bonchev–Trinajstić information content (AvgIpc) is 2.43. The molecule has 1 aliphatic heterocycles. The number of nitrogens with zero attached hydrogens (tertiary/aromatic N) is 1. The molecule has 1 amide bonds. The van der Waals surface area contributed by atoms with Crippen LogP contribution in [0.1, 0.15) is 38.7 Å². The number of benzene rings is 1. The number of nitrogens with two attached hydrogens (primary N) is 1. The van der Waals surface area contributed by atoms with Gasteiger partial charge in [-0.2, -0.15) is 0 Å². The molecule has 1 heterocycles. The monoisotopic (exact) mass is 289 g/mol. The van der Waals surface area contributed by atoms with Crippen LogP contribution in [0.5, 0.6) is 0 Å². The van der Waals surface area contributed by atoms with E-state index >= 15 is 0 Å². The summed E-state index contributed by atoms with van der Waals surface area (Å²) in [5.41, 5.74) is 8.21. The fraction of sp³-hybridized carbons (Fsp3) is 0.588. The van der Waals surface area contributed by atoms with Crippen LogP contribution in [-0.2, 0) is 4.79 Å². The molecule has 0 saturated carbocycles. The maximum absolute atomic E-state index is 12.1. The zero-order valence-electron chi connectivity index (χ0n) is 13.3. The summed E-state index contributed by atoms with van der Waals surface area (Å²) in [6.45, 7) is 8.68. The van der Waals surface area contributed by atoms with E-state index in [9.17, 15) is 4.79 Å². The molecule has 116 valence electrons. The normalized spacial score (nSPS) is 23.3. The number of rotatable bonds is 4. The molecule has 1 aromatic carbocycles. The highest BCUT2D eigenvalue weighted by molar-refractivity contribution is 5.92. The molecule has 3 N–H and O–H groups in total. The summed E-state index contributed by atoms with van der Waals surface area (Å²) in [6, 6.07) is 8.25. The van der Waals surface area contributed by atoms with Gasteiger partial charge in [-0.1, -0.05) is 32.9 Å². The van der Waals surface area contributed by atoms with Crippen LogP contribution in [-0.4, -0.2) is 36.5 Å². The predicted molar refractivity (Wildman–Crippen MR) is 87.4 cm³/mol. The number of carbonyl (C=O) groups is 1. The van der Waals surface area contributed by atoms with Gasteiger partial charge in [-0.15, -0.1) is 0 Å². The van der Waals surface area contributed by atoms with E-state index in [1.165, 1.54) is 5.56 Å². The summed E-state index contributed by atoms with van der Waals surface area (Å²) in [5, 5.41) is 2.96. The molecule has 0 spiro atoms. The molecule has 1 aromatic rings. The second kappa shape index (κ2) is 7.05. The Bertz CT molecular complexity index is 469. The van der Waals surface area contributed by atoms with E-state index in [1.807, 2.05) is 12.1 Å². The highest BCUT2D eigenvalue weighted by atomic mass is 16.2. The lowest BCUT2D eigenvalue weighted by Crippen LogP contribution is -2.49. The Morgan fingerprint density at radius 1 is 1.38 bits per heavy atom. The molecule has 21 heavy (non-hydrogen) atoms. The predicted octanol–water partition coefficient (Wildman–Crippen LogP) is 2.42. The Morgan fingerprint density at radius 2 is 2.05 bits per heavy atom.